The van der Waals surface area contributed by atoms with Crippen LogP contribution in [-0.4, -0.2) is 40.5 Å². The number of amides is 2. The SMILES string of the molecule is NC(=O)c1cccc(C(=O)N2CCCC2(CO)Cc2ccccc2)c1. The number of aliphatic hydroxyl groups is 1. The molecule has 1 saturated heterocycles. The summed E-state index contributed by atoms with van der Waals surface area (Å²) in [6.07, 6.45) is 2.19. The molecule has 1 aliphatic heterocycles. The number of nitrogens with zero attached hydrogens (tertiary/aromatic N) is 1. The molecule has 2 aromatic rings. The molecule has 1 fully saturated rings. The van der Waals surface area contributed by atoms with Gasteiger partial charge in [0.15, 0.2) is 0 Å². The van der Waals surface area contributed by atoms with Crippen LogP contribution < -0.4 is 5.73 Å². The van der Waals surface area contributed by atoms with Gasteiger partial charge in [-0.2, -0.15) is 0 Å². The second-order valence-electron chi connectivity index (χ2n) is 6.55. The summed E-state index contributed by atoms with van der Waals surface area (Å²) in [4.78, 5) is 26.2. The van der Waals surface area contributed by atoms with Gasteiger partial charge in [0.25, 0.3) is 5.91 Å². The Bertz CT molecular complexity index is 776. The molecule has 130 valence electrons. The Hall–Kier alpha value is -2.66. The highest BCUT2D eigenvalue weighted by Gasteiger charge is 2.43. The fourth-order valence-corrected chi connectivity index (χ4v) is 3.60. The van der Waals surface area contributed by atoms with E-state index in [-0.39, 0.29) is 12.5 Å². The lowest BCUT2D eigenvalue weighted by atomic mass is 9.88. The molecule has 3 N–H and O–H groups in total. The van der Waals surface area contributed by atoms with Crippen molar-refractivity contribution in [3.63, 3.8) is 0 Å². The first-order valence-electron chi connectivity index (χ1n) is 8.42. The molecule has 0 aliphatic carbocycles. The third-order valence-corrected chi connectivity index (χ3v) is 4.91. The van der Waals surface area contributed by atoms with E-state index in [1.165, 1.54) is 6.07 Å². The summed E-state index contributed by atoms with van der Waals surface area (Å²) in [6, 6.07) is 16.3. The number of aliphatic hydroxyl groups excluding tert-OH is 1. The van der Waals surface area contributed by atoms with Gasteiger partial charge < -0.3 is 15.7 Å². The minimum atomic E-state index is -0.610. The zero-order valence-corrected chi connectivity index (χ0v) is 14.0. The zero-order valence-electron chi connectivity index (χ0n) is 14.0. The molecule has 25 heavy (non-hydrogen) atoms. The van der Waals surface area contributed by atoms with E-state index in [0.717, 1.165) is 18.4 Å². The van der Waals surface area contributed by atoms with Crippen LogP contribution in [0.15, 0.2) is 54.6 Å². The van der Waals surface area contributed by atoms with E-state index < -0.39 is 11.4 Å². The molecule has 5 nitrogen and oxygen atoms in total. The number of rotatable bonds is 5. The van der Waals surface area contributed by atoms with Gasteiger partial charge in [-0.05, 0) is 43.0 Å². The van der Waals surface area contributed by atoms with Crippen LogP contribution in [0.25, 0.3) is 0 Å². The van der Waals surface area contributed by atoms with Gasteiger partial charge in [-0.25, -0.2) is 0 Å². The molecule has 2 amide bonds. The second-order valence-corrected chi connectivity index (χ2v) is 6.55. The standard InChI is InChI=1S/C20H22N2O3/c21-18(24)16-8-4-9-17(12-16)19(25)22-11-5-10-20(22,14-23)13-15-6-2-1-3-7-15/h1-4,6-9,12,23H,5,10-11,13-14H2,(H2,21,24). The predicted molar refractivity (Wildman–Crippen MR) is 95.2 cm³/mol. The van der Waals surface area contributed by atoms with Crippen molar-refractivity contribution in [3.05, 3.63) is 71.3 Å². The van der Waals surface area contributed by atoms with Gasteiger partial charge in [0, 0.05) is 17.7 Å². The zero-order chi connectivity index (χ0) is 17.9. The van der Waals surface area contributed by atoms with Crippen LogP contribution in [0.1, 0.15) is 39.1 Å². The van der Waals surface area contributed by atoms with Crippen LogP contribution in [0.3, 0.4) is 0 Å². The fourth-order valence-electron chi connectivity index (χ4n) is 3.60. The highest BCUT2D eigenvalue weighted by molar-refractivity contribution is 5.99. The van der Waals surface area contributed by atoms with Crippen LogP contribution in [-0.2, 0) is 6.42 Å². The van der Waals surface area contributed by atoms with Gasteiger partial charge >= 0.3 is 0 Å². The molecule has 2 aromatic carbocycles. The van der Waals surface area contributed by atoms with Crippen LogP contribution >= 0.6 is 0 Å². The monoisotopic (exact) mass is 338 g/mol. The van der Waals surface area contributed by atoms with Crippen LogP contribution in [0.4, 0.5) is 0 Å². The lowest BCUT2D eigenvalue weighted by molar-refractivity contribution is 0.0412. The predicted octanol–water partition coefficient (Wildman–Crippen LogP) is 2.00. The normalized spacial score (nSPS) is 19.8. The van der Waals surface area contributed by atoms with E-state index in [1.54, 1.807) is 23.1 Å². The molecule has 0 spiro atoms. The Morgan fingerprint density at radius 3 is 2.48 bits per heavy atom. The first-order chi connectivity index (χ1) is 12.1. The maximum absolute atomic E-state index is 13.0. The van der Waals surface area contributed by atoms with E-state index in [0.29, 0.717) is 24.1 Å². The molecule has 1 unspecified atom stereocenters. The summed E-state index contributed by atoms with van der Waals surface area (Å²) in [5.41, 5.74) is 6.52. The first kappa shape index (κ1) is 17.2. The molecule has 0 radical (unpaired) electrons. The van der Waals surface area contributed by atoms with Gasteiger partial charge in [-0.15, -0.1) is 0 Å². The van der Waals surface area contributed by atoms with Crippen molar-refractivity contribution < 1.29 is 14.7 Å². The smallest absolute Gasteiger partial charge is 0.254 e. The Balaban J connectivity index is 1.90. The molecule has 5 heteroatoms. The third-order valence-electron chi connectivity index (χ3n) is 4.91. The summed E-state index contributed by atoms with van der Waals surface area (Å²) in [6.45, 7) is 0.496. The summed E-state index contributed by atoms with van der Waals surface area (Å²) in [5.74, 6) is -0.737. The van der Waals surface area contributed by atoms with Crippen molar-refractivity contribution in [1.29, 1.82) is 0 Å². The Kier molecular flexibility index (Phi) is 4.86. The Labute approximate surface area is 147 Å². The maximum Gasteiger partial charge on any atom is 0.254 e. The maximum atomic E-state index is 13.0. The number of benzene rings is 2. The van der Waals surface area contributed by atoms with Gasteiger partial charge in [0.2, 0.25) is 5.91 Å². The number of hydrogen-bond acceptors (Lipinski definition) is 3. The van der Waals surface area contributed by atoms with Crippen molar-refractivity contribution in [2.24, 2.45) is 5.73 Å². The second kappa shape index (κ2) is 7.07. The largest absolute Gasteiger partial charge is 0.394 e. The van der Waals surface area contributed by atoms with Crippen molar-refractivity contribution >= 4 is 11.8 Å². The highest BCUT2D eigenvalue weighted by atomic mass is 16.3. The van der Waals surface area contributed by atoms with Gasteiger partial charge in [0.1, 0.15) is 0 Å². The molecule has 0 saturated carbocycles. The summed E-state index contributed by atoms with van der Waals surface area (Å²) < 4.78 is 0. The Morgan fingerprint density at radius 2 is 1.80 bits per heavy atom. The molecular weight excluding hydrogens is 316 g/mol. The number of carbonyl (C=O) groups is 2. The van der Waals surface area contributed by atoms with E-state index in [9.17, 15) is 14.7 Å². The van der Waals surface area contributed by atoms with E-state index >= 15 is 0 Å². The number of hydrogen-bond donors (Lipinski definition) is 2. The fraction of sp³-hybridized carbons (Fsp3) is 0.300. The number of carbonyl (C=O) groups excluding carboxylic acids is 2. The lowest BCUT2D eigenvalue weighted by Gasteiger charge is -2.37. The van der Waals surface area contributed by atoms with Crippen LogP contribution in [0, 0.1) is 0 Å². The number of nitrogens with two attached hydrogens (primary N) is 1. The average molecular weight is 338 g/mol. The first-order valence-corrected chi connectivity index (χ1v) is 8.42. The molecule has 3 rings (SSSR count). The summed E-state index contributed by atoms with van der Waals surface area (Å²) in [7, 11) is 0. The minimum Gasteiger partial charge on any atom is -0.394 e. The van der Waals surface area contributed by atoms with Gasteiger partial charge in [0.05, 0.1) is 12.1 Å². The van der Waals surface area contributed by atoms with Crippen molar-refractivity contribution in [2.45, 2.75) is 24.8 Å². The van der Waals surface area contributed by atoms with E-state index in [4.69, 9.17) is 5.73 Å². The minimum absolute atomic E-state index is 0.0941. The van der Waals surface area contributed by atoms with Crippen LogP contribution in [0.5, 0.6) is 0 Å². The van der Waals surface area contributed by atoms with E-state index in [1.807, 2.05) is 30.3 Å². The van der Waals surface area contributed by atoms with Crippen molar-refractivity contribution in [2.75, 3.05) is 13.2 Å². The van der Waals surface area contributed by atoms with E-state index in [2.05, 4.69) is 0 Å². The van der Waals surface area contributed by atoms with Crippen molar-refractivity contribution in [3.8, 4) is 0 Å². The van der Waals surface area contributed by atoms with Crippen molar-refractivity contribution in [1.82, 2.24) is 4.90 Å². The molecule has 0 bridgehead atoms. The quantitative estimate of drug-likeness (QED) is 0.874. The topological polar surface area (TPSA) is 83.6 Å². The lowest BCUT2D eigenvalue weighted by Crippen LogP contribution is -2.51. The van der Waals surface area contributed by atoms with Gasteiger partial charge in [-0.3, -0.25) is 9.59 Å². The number of primary amides is 1. The summed E-state index contributed by atoms with van der Waals surface area (Å²) in [5, 5.41) is 10.1. The molecule has 1 atom stereocenters. The summed E-state index contributed by atoms with van der Waals surface area (Å²) >= 11 is 0. The molecule has 0 aromatic heterocycles. The van der Waals surface area contributed by atoms with Crippen LogP contribution in [0.2, 0.25) is 0 Å². The highest BCUT2D eigenvalue weighted by Crippen LogP contribution is 2.34. The molecule has 1 aliphatic rings. The third kappa shape index (κ3) is 3.42. The molecular formula is C20H22N2O3. The average Bonchev–Trinajstić information content (AvgIpc) is 3.06. The Morgan fingerprint density at radius 1 is 1.08 bits per heavy atom. The molecule has 1 heterocycles. The van der Waals surface area contributed by atoms with Gasteiger partial charge in [-0.1, -0.05) is 36.4 Å². The number of likely N-dealkylation sites (tertiary alicyclic amines) is 1.